The summed E-state index contributed by atoms with van der Waals surface area (Å²) in [6.45, 7) is 3.17. The number of rotatable bonds is 8. The summed E-state index contributed by atoms with van der Waals surface area (Å²) in [6, 6.07) is 16.5. The van der Waals surface area contributed by atoms with Gasteiger partial charge < -0.3 is 15.2 Å². The van der Waals surface area contributed by atoms with E-state index in [1.54, 1.807) is 5.38 Å². The van der Waals surface area contributed by atoms with Crippen LogP contribution in [0.2, 0.25) is 0 Å². The Balaban J connectivity index is 1.45. The van der Waals surface area contributed by atoms with Crippen LogP contribution in [0.4, 0.5) is 5.13 Å². The average molecular weight is 368 g/mol. The van der Waals surface area contributed by atoms with Gasteiger partial charge in [0, 0.05) is 5.38 Å². The number of carbonyl (C=O) groups is 1. The molecule has 0 unspecified atom stereocenters. The van der Waals surface area contributed by atoms with Crippen molar-refractivity contribution in [2.45, 2.75) is 13.3 Å². The zero-order valence-corrected chi connectivity index (χ0v) is 15.3. The molecule has 0 bridgehead atoms. The van der Waals surface area contributed by atoms with Crippen LogP contribution in [0.1, 0.15) is 11.3 Å². The highest BCUT2D eigenvalue weighted by atomic mass is 32.1. The molecule has 0 spiro atoms. The van der Waals surface area contributed by atoms with Crippen LogP contribution in [0.3, 0.4) is 0 Å². The Hall–Kier alpha value is -2.86. The van der Waals surface area contributed by atoms with Crippen molar-refractivity contribution in [3.63, 3.8) is 0 Å². The third-order valence-electron chi connectivity index (χ3n) is 3.77. The van der Waals surface area contributed by atoms with E-state index >= 15 is 0 Å². The molecule has 26 heavy (non-hydrogen) atoms. The number of carboxylic acid groups (broad SMARTS) is 1. The minimum atomic E-state index is -0.876. The van der Waals surface area contributed by atoms with Gasteiger partial charge in [0.15, 0.2) is 5.13 Å². The third kappa shape index (κ3) is 5.07. The minimum absolute atomic E-state index is 0.0536. The molecule has 0 saturated carbocycles. The highest BCUT2D eigenvalue weighted by Crippen LogP contribution is 2.23. The second kappa shape index (κ2) is 8.49. The van der Waals surface area contributed by atoms with Crippen molar-refractivity contribution in [1.82, 2.24) is 4.98 Å². The van der Waals surface area contributed by atoms with Gasteiger partial charge in [-0.25, -0.2) is 4.98 Å². The molecule has 6 heteroatoms. The molecule has 0 fully saturated rings. The largest absolute Gasteiger partial charge is 0.492 e. The molecule has 2 aromatic carbocycles. The van der Waals surface area contributed by atoms with Crippen molar-refractivity contribution in [3.05, 3.63) is 65.2 Å². The third-order valence-corrected chi connectivity index (χ3v) is 4.62. The van der Waals surface area contributed by atoms with Gasteiger partial charge in [-0.2, -0.15) is 0 Å². The summed E-state index contributed by atoms with van der Waals surface area (Å²) in [5.74, 6) is -0.0624. The summed E-state index contributed by atoms with van der Waals surface area (Å²) in [6.07, 6.45) is -0.0536. The smallest absolute Gasteiger partial charge is 0.309 e. The van der Waals surface area contributed by atoms with Gasteiger partial charge in [-0.1, -0.05) is 42.0 Å². The number of ether oxygens (including phenoxy) is 1. The highest BCUT2D eigenvalue weighted by Gasteiger charge is 2.05. The number of carboxylic acids is 1. The molecule has 2 N–H and O–H groups in total. The summed E-state index contributed by atoms with van der Waals surface area (Å²) in [4.78, 5) is 14.9. The van der Waals surface area contributed by atoms with Crippen LogP contribution in [0.15, 0.2) is 53.9 Å². The van der Waals surface area contributed by atoms with E-state index in [-0.39, 0.29) is 6.42 Å². The number of anilines is 1. The number of aryl methyl sites for hydroxylation is 1. The van der Waals surface area contributed by atoms with Crippen LogP contribution in [-0.4, -0.2) is 29.2 Å². The van der Waals surface area contributed by atoms with Crippen LogP contribution in [-0.2, 0) is 11.2 Å². The number of hydrogen-bond donors (Lipinski definition) is 2. The van der Waals surface area contributed by atoms with E-state index in [2.05, 4.69) is 41.5 Å². The first-order valence-corrected chi connectivity index (χ1v) is 9.18. The van der Waals surface area contributed by atoms with Crippen LogP contribution < -0.4 is 10.1 Å². The minimum Gasteiger partial charge on any atom is -0.492 e. The van der Waals surface area contributed by atoms with Gasteiger partial charge in [0.25, 0.3) is 0 Å². The molecular weight excluding hydrogens is 348 g/mol. The summed E-state index contributed by atoms with van der Waals surface area (Å²) in [5.41, 5.74) is 4.16. The predicted octanol–water partition coefficient (Wildman–Crippen LogP) is 4.24. The van der Waals surface area contributed by atoms with Crippen LogP contribution in [0.5, 0.6) is 5.75 Å². The highest BCUT2D eigenvalue weighted by molar-refractivity contribution is 7.13. The van der Waals surface area contributed by atoms with Gasteiger partial charge in [0.1, 0.15) is 12.4 Å². The number of thiazole rings is 1. The zero-order valence-electron chi connectivity index (χ0n) is 14.4. The molecule has 0 saturated heterocycles. The van der Waals surface area contributed by atoms with E-state index in [9.17, 15) is 4.79 Å². The fourth-order valence-electron chi connectivity index (χ4n) is 2.44. The number of benzene rings is 2. The Morgan fingerprint density at radius 3 is 2.42 bits per heavy atom. The van der Waals surface area contributed by atoms with Gasteiger partial charge in [-0.3, -0.25) is 4.79 Å². The van der Waals surface area contributed by atoms with E-state index in [0.717, 1.165) is 11.3 Å². The van der Waals surface area contributed by atoms with Gasteiger partial charge in [0.05, 0.1) is 18.7 Å². The second-order valence-electron chi connectivity index (χ2n) is 5.88. The predicted molar refractivity (Wildman–Crippen MR) is 104 cm³/mol. The van der Waals surface area contributed by atoms with Crippen molar-refractivity contribution >= 4 is 22.4 Å². The Kier molecular flexibility index (Phi) is 5.86. The summed E-state index contributed by atoms with van der Waals surface area (Å²) in [5, 5.41) is 14.3. The zero-order chi connectivity index (χ0) is 18.4. The molecular formula is C20H20N2O3S. The Morgan fingerprint density at radius 1 is 1.12 bits per heavy atom. The molecule has 134 valence electrons. The first-order valence-electron chi connectivity index (χ1n) is 8.30. The molecule has 3 rings (SSSR count). The molecule has 0 aliphatic rings. The molecule has 1 heterocycles. The number of hydrogen-bond acceptors (Lipinski definition) is 5. The molecule has 0 aliphatic heterocycles. The maximum atomic E-state index is 10.6. The molecule has 0 radical (unpaired) electrons. The standard InChI is InChI=1S/C20H20N2O3S/c1-14-2-4-15(5-3-14)16-6-8-18(9-7-16)25-11-10-21-20-22-17(13-26-20)12-19(23)24/h2-9,13H,10-12H2,1H3,(H,21,22)(H,23,24). The Bertz CT molecular complexity index is 858. The lowest BCUT2D eigenvalue weighted by molar-refractivity contribution is -0.136. The van der Waals surface area contributed by atoms with E-state index in [1.807, 2.05) is 24.3 Å². The maximum Gasteiger partial charge on any atom is 0.309 e. The van der Waals surface area contributed by atoms with Gasteiger partial charge in [0.2, 0.25) is 0 Å². The Labute approximate surface area is 156 Å². The molecule has 0 aliphatic carbocycles. The average Bonchev–Trinajstić information content (AvgIpc) is 3.06. The fraction of sp³-hybridized carbons (Fsp3) is 0.200. The molecule has 0 atom stereocenters. The molecule has 3 aromatic rings. The van der Waals surface area contributed by atoms with E-state index in [0.29, 0.717) is 24.0 Å². The van der Waals surface area contributed by atoms with Crippen molar-refractivity contribution in [1.29, 1.82) is 0 Å². The topological polar surface area (TPSA) is 71.5 Å². The normalized spacial score (nSPS) is 10.5. The number of nitrogens with zero attached hydrogens (tertiary/aromatic N) is 1. The van der Waals surface area contributed by atoms with Gasteiger partial charge in [-0.05, 0) is 30.2 Å². The SMILES string of the molecule is Cc1ccc(-c2ccc(OCCNc3nc(CC(=O)O)cs3)cc2)cc1. The molecule has 1 aromatic heterocycles. The molecule has 0 amide bonds. The number of aromatic nitrogens is 1. The van der Waals surface area contributed by atoms with Crippen molar-refractivity contribution in [2.24, 2.45) is 0 Å². The van der Waals surface area contributed by atoms with Gasteiger partial charge >= 0.3 is 5.97 Å². The fourth-order valence-corrected chi connectivity index (χ4v) is 3.18. The first kappa shape index (κ1) is 17.9. The van der Waals surface area contributed by atoms with Crippen LogP contribution in [0, 0.1) is 6.92 Å². The lowest BCUT2D eigenvalue weighted by Gasteiger charge is -2.08. The Morgan fingerprint density at radius 2 is 1.77 bits per heavy atom. The quantitative estimate of drug-likeness (QED) is 0.582. The van der Waals surface area contributed by atoms with Crippen LogP contribution in [0.25, 0.3) is 11.1 Å². The molecule has 5 nitrogen and oxygen atoms in total. The van der Waals surface area contributed by atoms with Crippen molar-refractivity contribution < 1.29 is 14.6 Å². The summed E-state index contributed by atoms with van der Waals surface area (Å²) >= 11 is 1.40. The monoisotopic (exact) mass is 368 g/mol. The summed E-state index contributed by atoms with van der Waals surface area (Å²) < 4.78 is 5.73. The van der Waals surface area contributed by atoms with Crippen LogP contribution >= 0.6 is 11.3 Å². The van der Waals surface area contributed by atoms with E-state index in [4.69, 9.17) is 9.84 Å². The van der Waals surface area contributed by atoms with Crippen molar-refractivity contribution in [2.75, 3.05) is 18.5 Å². The maximum absolute atomic E-state index is 10.6. The summed E-state index contributed by atoms with van der Waals surface area (Å²) in [7, 11) is 0. The first-order chi connectivity index (χ1) is 12.6. The van der Waals surface area contributed by atoms with E-state index in [1.165, 1.54) is 22.5 Å². The van der Waals surface area contributed by atoms with E-state index < -0.39 is 5.97 Å². The second-order valence-corrected chi connectivity index (χ2v) is 6.74. The number of aliphatic carboxylic acids is 1. The van der Waals surface area contributed by atoms with Crippen molar-refractivity contribution in [3.8, 4) is 16.9 Å². The lowest BCUT2D eigenvalue weighted by atomic mass is 10.0. The number of nitrogens with one attached hydrogen (secondary N) is 1. The lowest BCUT2D eigenvalue weighted by Crippen LogP contribution is -2.11. The van der Waals surface area contributed by atoms with Gasteiger partial charge in [-0.15, -0.1) is 11.3 Å².